The number of ether oxygens (including phenoxy) is 1. The van der Waals surface area contributed by atoms with Crippen LogP contribution in [0.15, 0.2) is 48.8 Å². The topological polar surface area (TPSA) is 74.0 Å². The summed E-state index contributed by atoms with van der Waals surface area (Å²) in [6.07, 6.45) is 6.05. The average molecular weight is 351 g/mol. The molecule has 0 spiro atoms. The van der Waals surface area contributed by atoms with Gasteiger partial charge in [0.05, 0.1) is 11.9 Å². The number of aryl methyl sites for hydroxylation is 1. The van der Waals surface area contributed by atoms with Gasteiger partial charge in [-0.2, -0.15) is 10.2 Å². The Bertz CT molecular complexity index is 896. The second-order valence-corrected chi connectivity index (χ2v) is 6.61. The van der Waals surface area contributed by atoms with Crippen LogP contribution in [0.25, 0.3) is 0 Å². The van der Waals surface area contributed by atoms with E-state index >= 15 is 0 Å². The van der Waals surface area contributed by atoms with E-state index in [1.165, 1.54) is 12.8 Å². The maximum absolute atomic E-state index is 12.4. The quantitative estimate of drug-likeness (QED) is 0.710. The zero-order valence-corrected chi connectivity index (χ0v) is 14.6. The van der Waals surface area contributed by atoms with Crippen LogP contribution in [-0.2, 0) is 20.2 Å². The van der Waals surface area contributed by atoms with Crippen LogP contribution in [0.5, 0.6) is 5.88 Å². The Hall–Kier alpha value is -3.09. The molecule has 26 heavy (non-hydrogen) atoms. The van der Waals surface area contributed by atoms with Gasteiger partial charge in [0.25, 0.3) is 5.91 Å². The summed E-state index contributed by atoms with van der Waals surface area (Å²) in [7, 11) is 1.75. The number of hydrogen-bond acceptors (Lipinski definition) is 4. The highest BCUT2D eigenvalue weighted by molar-refractivity contribution is 6.02. The number of carbonyl (C=O) groups excluding carboxylic acids is 1. The molecule has 7 heteroatoms. The third-order valence-electron chi connectivity index (χ3n) is 4.33. The second kappa shape index (κ2) is 7.03. The van der Waals surface area contributed by atoms with Crippen molar-refractivity contribution in [3.05, 3.63) is 60.0 Å². The summed E-state index contributed by atoms with van der Waals surface area (Å²) in [5.41, 5.74) is 2.04. The highest BCUT2D eigenvalue weighted by Gasteiger charge is 2.22. The van der Waals surface area contributed by atoms with Crippen molar-refractivity contribution >= 4 is 11.6 Å². The maximum atomic E-state index is 12.4. The maximum Gasteiger partial charge on any atom is 0.276 e. The van der Waals surface area contributed by atoms with Gasteiger partial charge in [-0.25, -0.2) is 4.68 Å². The van der Waals surface area contributed by atoms with E-state index in [4.69, 9.17) is 4.74 Å². The van der Waals surface area contributed by atoms with E-state index in [0.29, 0.717) is 23.9 Å². The Morgan fingerprint density at radius 2 is 2.12 bits per heavy atom. The van der Waals surface area contributed by atoms with Gasteiger partial charge in [-0.3, -0.25) is 9.48 Å². The number of hydrogen-bond donors (Lipinski definition) is 1. The largest absolute Gasteiger partial charge is 0.473 e. The fourth-order valence-corrected chi connectivity index (χ4v) is 2.72. The number of rotatable bonds is 7. The highest BCUT2D eigenvalue weighted by Crippen LogP contribution is 2.30. The normalized spacial score (nSPS) is 13.6. The van der Waals surface area contributed by atoms with Gasteiger partial charge in [0.15, 0.2) is 5.69 Å². The van der Waals surface area contributed by atoms with Crippen LogP contribution >= 0.6 is 0 Å². The van der Waals surface area contributed by atoms with E-state index in [9.17, 15) is 4.79 Å². The summed E-state index contributed by atoms with van der Waals surface area (Å²) < 4.78 is 9.20. The third-order valence-corrected chi connectivity index (χ3v) is 4.33. The van der Waals surface area contributed by atoms with Gasteiger partial charge in [-0.15, -0.1) is 0 Å². The predicted octanol–water partition coefficient (Wildman–Crippen LogP) is 2.86. The van der Waals surface area contributed by atoms with Gasteiger partial charge < -0.3 is 10.1 Å². The van der Waals surface area contributed by atoms with E-state index in [1.807, 2.05) is 41.2 Å². The molecule has 1 aromatic carbocycles. The molecule has 1 N–H and O–H groups in total. The van der Waals surface area contributed by atoms with Crippen LogP contribution < -0.4 is 10.1 Å². The van der Waals surface area contributed by atoms with Crippen molar-refractivity contribution in [1.82, 2.24) is 19.6 Å². The molecule has 3 aromatic rings. The summed E-state index contributed by atoms with van der Waals surface area (Å²) in [6.45, 7) is 1.34. The molecule has 1 amide bonds. The van der Waals surface area contributed by atoms with Gasteiger partial charge >= 0.3 is 0 Å². The van der Waals surface area contributed by atoms with Crippen LogP contribution in [-0.4, -0.2) is 25.5 Å². The van der Waals surface area contributed by atoms with Crippen molar-refractivity contribution in [2.24, 2.45) is 13.0 Å². The van der Waals surface area contributed by atoms with Crippen LogP contribution in [0.1, 0.15) is 28.9 Å². The summed E-state index contributed by atoms with van der Waals surface area (Å²) >= 11 is 0. The Labute approximate surface area is 151 Å². The van der Waals surface area contributed by atoms with Crippen molar-refractivity contribution in [1.29, 1.82) is 0 Å². The zero-order valence-electron chi connectivity index (χ0n) is 14.6. The minimum Gasteiger partial charge on any atom is -0.473 e. The molecule has 0 radical (unpaired) electrons. The summed E-state index contributed by atoms with van der Waals surface area (Å²) in [5.74, 6) is 1.00. The fourth-order valence-electron chi connectivity index (χ4n) is 2.72. The number of nitrogens with zero attached hydrogens (tertiary/aromatic N) is 4. The minimum atomic E-state index is -0.277. The lowest BCUT2D eigenvalue weighted by Crippen LogP contribution is -2.12. The standard InChI is InChI=1S/C19H21N5O2/c1-23-18(26-13-15-5-3-2-4-6-15)9-17(22-23)19(25)21-16-10-20-24(12-16)11-14-7-8-14/h2-6,9-10,12,14H,7-8,11,13H2,1H3,(H,21,25). The summed E-state index contributed by atoms with van der Waals surface area (Å²) in [4.78, 5) is 12.4. The number of amides is 1. The van der Waals surface area contributed by atoms with Gasteiger partial charge in [-0.05, 0) is 24.3 Å². The van der Waals surface area contributed by atoms with Crippen molar-refractivity contribution in [2.75, 3.05) is 5.32 Å². The molecule has 1 aliphatic rings. The lowest BCUT2D eigenvalue weighted by atomic mass is 10.2. The van der Waals surface area contributed by atoms with E-state index in [2.05, 4.69) is 15.5 Å². The van der Waals surface area contributed by atoms with Crippen LogP contribution in [0, 0.1) is 5.92 Å². The van der Waals surface area contributed by atoms with E-state index < -0.39 is 0 Å². The van der Waals surface area contributed by atoms with Gasteiger partial charge in [0, 0.05) is 25.9 Å². The van der Waals surface area contributed by atoms with Crippen LogP contribution in [0.2, 0.25) is 0 Å². The molecule has 4 rings (SSSR count). The van der Waals surface area contributed by atoms with Crippen molar-refractivity contribution < 1.29 is 9.53 Å². The number of aromatic nitrogens is 4. The summed E-state index contributed by atoms with van der Waals surface area (Å²) in [6, 6.07) is 11.5. The molecule has 134 valence electrons. The first-order valence-corrected chi connectivity index (χ1v) is 8.72. The fraction of sp³-hybridized carbons (Fsp3) is 0.316. The molecule has 2 heterocycles. The van der Waals surface area contributed by atoms with Crippen molar-refractivity contribution in [2.45, 2.75) is 26.0 Å². The van der Waals surface area contributed by atoms with Crippen LogP contribution in [0.3, 0.4) is 0 Å². The lowest BCUT2D eigenvalue weighted by molar-refractivity contribution is 0.102. The van der Waals surface area contributed by atoms with Gasteiger partial charge in [0.1, 0.15) is 6.61 Å². The number of carbonyl (C=O) groups is 1. The van der Waals surface area contributed by atoms with E-state index in [-0.39, 0.29) is 5.91 Å². The van der Waals surface area contributed by atoms with E-state index in [0.717, 1.165) is 18.0 Å². The monoisotopic (exact) mass is 351 g/mol. The molecular formula is C19H21N5O2. The SMILES string of the molecule is Cn1nc(C(=O)Nc2cnn(CC3CC3)c2)cc1OCc1ccccc1. The number of nitrogens with one attached hydrogen (secondary N) is 1. The first-order chi connectivity index (χ1) is 12.7. The predicted molar refractivity (Wildman–Crippen MR) is 96.9 cm³/mol. The number of benzene rings is 1. The lowest BCUT2D eigenvalue weighted by Gasteiger charge is -2.05. The first kappa shape index (κ1) is 16.4. The van der Waals surface area contributed by atoms with Crippen molar-refractivity contribution in [3.8, 4) is 5.88 Å². The molecule has 1 saturated carbocycles. The molecule has 0 saturated heterocycles. The molecule has 2 aromatic heterocycles. The molecule has 7 nitrogen and oxygen atoms in total. The molecule has 0 atom stereocenters. The minimum absolute atomic E-state index is 0.277. The van der Waals surface area contributed by atoms with Gasteiger partial charge in [-0.1, -0.05) is 30.3 Å². The van der Waals surface area contributed by atoms with Gasteiger partial charge in [0.2, 0.25) is 5.88 Å². The molecular weight excluding hydrogens is 330 g/mol. The van der Waals surface area contributed by atoms with E-state index in [1.54, 1.807) is 24.0 Å². The average Bonchev–Trinajstić information content (AvgIpc) is 3.22. The van der Waals surface area contributed by atoms with Crippen molar-refractivity contribution in [3.63, 3.8) is 0 Å². The molecule has 1 aliphatic carbocycles. The third kappa shape index (κ3) is 3.93. The zero-order chi connectivity index (χ0) is 17.9. The van der Waals surface area contributed by atoms with Crippen LogP contribution in [0.4, 0.5) is 5.69 Å². The number of anilines is 1. The Morgan fingerprint density at radius 1 is 1.31 bits per heavy atom. The Morgan fingerprint density at radius 3 is 2.88 bits per heavy atom. The summed E-state index contributed by atoms with van der Waals surface area (Å²) in [5, 5.41) is 11.4. The first-order valence-electron chi connectivity index (χ1n) is 8.72. The second-order valence-electron chi connectivity index (χ2n) is 6.61. The smallest absolute Gasteiger partial charge is 0.276 e. The molecule has 1 fully saturated rings. The Kier molecular flexibility index (Phi) is 4.43. The molecule has 0 aliphatic heterocycles. The molecule has 0 bridgehead atoms. The Balaban J connectivity index is 1.37. The molecule has 0 unspecified atom stereocenters. The highest BCUT2D eigenvalue weighted by atomic mass is 16.5.